The van der Waals surface area contributed by atoms with Crippen molar-refractivity contribution in [2.45, 2.75) is 19.3 Å². The third-order valence-corrected chi connectivity index (χ3v) is 2.93. The van der Waals surface area contributed by atoms with E-state index < -0.39 is 0 Å². The van der Waals surface area contributed by atoms with Gasteiger partial charge in [-0.15, -0.1) is 0 Å². The number of carbonyl (C=O) groups excluding carboxylic acids is 1. The van der Waals surface area contributed by atoms with Crippen LogP contribution < -0.4 is 5.73 Å². The van der Waals surface area contributed by atoms with Crippen LogP contribution in [0.15, 0.2) is 42.5 Å². The number of fused-ring (bicyclic) bond motifs is 1. The highest BCUT2D eigenvalue weighted by Crippen LogP contribution is 2.17. The van der Waals surface area contributed by atoms with Crippen LogP contribution in [0.4, 0.5) is 0 Å². The van der Waals surface area contributed by atoms with Crippen LogP contribution in [0.2, 0.25) is 0 Å². The lowest BCUT2D eigenvalue weighted by molar-refractivity contribution is 0.0980. The van der Waals surface area contributed by atoms with Gasteiger partial charge in [-0.05, 0) is 36.2 Å². The molecule has 88 valence electrons. The molecule has 0 aliphatic heterocycles. The molecule has 0 heterocycles. The quantitative estimate of drug-likeness (QED) is 0.630. The zero-order valence-electron chi connectivity index (χ0n) is 9.86. The molecule has 0 aliphatic carbocycles. The third kappa shape index (κ3) is 2.92. The van der Waals surface area contributed by atoms with Crippen molar-refractivity contribution in [3.63, 3.8) is 0 Å². The highest BCUT2D eigenvalue weighted by Gasteiger charge is 2.05. The van der Waals surface area contributed by atoms with Crippen molar-refractivity contribution < 1.29 is 4.79 Å². The Morgan fingerprint density at radius 3 is 2.53 bits per heavy atom. The highest BCUT2D eigenvalue weighted by atomic mass is 16.1. The van der Waals surface area contributed by atoms with Gasteiger partial charge >= 0.3 is 0 Å². The van der Waals surface area contributed by atoms with Crippen molar-refractivity contribution >= 4 is 16.6 Å². The maximum absolute atomic E-state index is 11.9. The fourth-order valence-electron chi connectivity index (χ4n) is 1.94. The zero-order chi connectivity index (χ0) is 12.1. The second-order valence-corrected chi connectivity index (χ2v) is 4.23. The van der Waals surface area contributed by atoms with Crippen molar-refractivity contribution in [3.05, 3.63) is 48.0 Å². The van der Waals surface area contributed by atoms with Crippen LogP contribution in [-0.4, -0.2) is 12.3 Å². The van der Waals surface area contributed by atoms with Gasteiger partial charge in [0.25, 0.3) is 0 Å². The Morgan fingerprint density at radius 2 is 1.76 bits per heavy atom. The normalized spacial score (nSPS) is 10.6. The molecule has 0 unspecified atom stereocenters. The van der Waals surface area contributed by atoms with Gasteiger partial charge in [-0.25, -0.2) is 0 Å². The molecule has 0 atom stereocenters. The zero-order valence-corrected chi connectivity index (χ0v) is 9.86. The van der Waals surface area contributed by atoms with E-state index in [0.29, 0.717) is 13.0 Å². The minimum atomic E-state index is 0.212. The average Bonchev–Trinajstić information content (AvgIpc) is 2.38. The highest BCUT2D eigenvalue weighted by molar-refractivity contribution is 5.99. The second-order valence-electron chi connectivity index (χ2n) is 4.23. The predicted molar refractivity (Wildman–Crippen MR) is 71.2 cm³/mol. The maximum atomic E-state index is 11.9. The molecule has 0 radical (unpaired) electrons. The summed E-state index contributed by atoms with van der Waals surface area (Å²) < 4.78 is 0. The molecule has 0 amide bonds. The fraction of sp³-hybridized carbons (Fsp3) is 0.267. The van der Waals surface area contributed by atoms with E-state index in [4.69, 9.17) is 5.73 Å². The van der Waals surface area contributed by atoms with Gasteiger partial charge in [0.2, 0.25) is 0 Å². The summed E-state index contributed by atoms with van der Waals surface area (Å²) in [4.78, 5) is 11.9. The minimum Gasteiger partial charge on any atom is -0.330 e. The number of nitrogens with two attached hydrogens (primary N) is 1. The first-order valence-corrected chi connectivity index (χ1v) is 6.03. The van der Waals surface area contributed by atoms with Crippen LogP contribution >= 0.6 is 0 Å². The molecule has 2 aromatic rings. The molecule has 0 aliphatic rings. The molecule has 0 fully saturated rings. The lowest BCUT2D eigenvalue weighted by Crippen LogP contribution is -2.02. The molecule has 17 heavy (non-hydrogen) atoms. The van der Waals surface area contributed by atoms with E-state index in [1.54, 1.807) is 0 Å². The number of Topliss-reactive ketones (excluding diaryl/α,β-unsaturated/α-hetero) is 1. The molecule has 2 aromatic carbocycles. The average molecular weight is 227 g/mol. The van der Waals surface area contributed by atoms with Crippen LogP contribution in [0.1, 0.15) is 29.6 Å². The summed E-state index contributed by atoms with van der Waals surface area (Å²) in [5.74, 6) is 0.212. The van der Waals surface area contributed by atoms with Gasteiger partial charge in [0.15, 0.2) is 5.78 Å². The molecule has 0 aromatic heterocycles. The van der Waals surface area contributed by atoms with E-state index in [-0.39, 0.29) is 5.78 Å². The van der Waals surface area contributed by atoms with Crippen LogP contribution in [-0.2, 0) is 0 Å². The maximum Gasteiger partial charge on any atom is 0.162 e. The van der Waals surface area contributed by atoms with E-state index in [1.165, 1.54) is 5.39 Å². The molecular formula is C15H17NO. The Balaban J connectivity index is 2.15. The number of rotatable bonds is 5. The molecule has 2 N–H and O–H groups in total. The molecule has 0 bridgehead atoms. The summed E-state index contributed by atoms with van der Waals surface area (Å²) in [6.07, 6.45) is 2.39. The SMILES string of the molecule is NCCCCC(=O)c1ccc2ccccc2c1. The summed E-state index contributed by atoms with van der Waals surface area (Å²) in [6, 6.07) is 14.0. The largest absolute Gasteiger partial charge is 0.330 e. The number of carbonyl (C=O) groups is 1. The van der Waals surface area contributed by atoms with Gasteiger partial charge in [0.05, 0.1) is 0 Å². The van der Waals surface area contributed by atoms with E-state index in [0.717, 1.165) is 23.8 Å². The fourth-order valence-corrected chi connectivity index (χ4v) is 1.94. The van der Waals surface area contributed by atoms with Gasteiger partial charge in [0.1, 0.15) is 0 Å². The Morgan fingerprint density at radius 1 is 1.00 bits per heavy atom. The number of hydrogen-bond donors (Lipinski definition) is 1. The second kappa shape index (κ2) is 5.60. The summed E-state index contributed by atoms with van der Waals surface area (Å²) in [7, 11) is 0. The lowest BCUT2D eigenvalue weighted by atomic mass is 10.0. The number of hydrogen-bond acceptors (Lipinski definition) is 2. The summed E-state index contributed by atoms with van der Waals surface area (Å²) in [5.41, 5.74) is 6.22. The minimum absolute atomic E-state index is 0.212. The van der Waals surface area contributed by atoms with Gasteiger partial charge in [0, 0.05) is 12.0 Å². The van der Waals surface area contributed by atoms with Gasteiger partial charge < -0.3 is 5.73 Å². The van der Waals surface area contributed by atoms with Crippen molar-refractivity contribution in [2.24, 2.45) is 5.73 Å². The van der Waals surface area contributed by atoms with Crippen LogP contribution in [0, 0.1) is 0 Å². The van der Waals surface area contributed by atoms with E-state index in [9.17, 15) is 4.79 Å². The molecule has 0 saturated heterocycles. The van der Waals surface area contributed by atoms with Crippen molar-refractivity contribution in [2.75, 3.05) is 6.54 Å². The standard InChI is InChI=1S/C15H17NO/c16-10-4-3-7-15(17)14-9-8-12-5-1-2-6-13(12)11-14/h1-2,5-6,8-9,11H,3-4,7,10,16H2. The van der Waals surface area contributed by atoms with E-state index in [2.05, 4.69) is 6.07 Å². The molecule has 2 nitrogen and oxygen atoms in total. The van der Waals surface area contributed by atoms with Crippen LogP contribution in [0.25, 0.3) is 10.8 Å². The topological polar surface area (TPSA) is 43.1 Å². The predicted octanol–water partition coefficient (Wildman–Crippen LogP) is 3.15. The van der Waals surface area contributed by atoms with E-state index in [1.807, 2.05) is 36.4 Å². The first-order chi connectivity index (χ1) is 8.31. The van der Waals surface area contributed by atoms with Crippen LogP contribution in [0.3, 0.4) is 0 Å². The summed E-state index contributed by atoms with van der Waals surface area (Å²) in [5, 5.41) is 2.29. The summed E-state index contributed by atoms with van der Waals surface area (Å²) >= 11 is 0. The van der Waals surface area contributed by atoms with Gasteiger partial charge in [-0.3, -0.25) is 4.79 Å². The van der Waals surface area contributed by atoms with Crippen molar-refractivity contribution in [1.29, 1.82) is 0 Å². The smallest absolute Gasteiger partial charge is 0.162 e. The Labute approximate surface area is 101 Å². The number of unbranched alkanes of at least 4 members (excludes halogenated alkanes) is 1. The monoisotopic (exact) mass is 227 g/mol. The first kappa shape index (κ1) is 11.8. The molecule has 2 heteroatoms. The van der Waals surface area contributed by atoms with Crippen LogP contribution in [0.5, 0.6) is 0 Å². The van der Waals surface area contributed by atoms with Gasteiger partial charge in [-0.1, -0.05) is 36.4 Å². The molecule has 0 spiro atoms. The number of benzene rings is 2. The molecule has 2 rings (SSSR count). The number of ketones is 1. The molecular weight excluding hydrogens is 210 g/mol. The van der Waals surface area contributed by atoms with E-state index >= 15 is 0 Å². The summed E-state index contributed by atoms with van der Waals surface area (Å²) in [6.45, 7) is 0.658. The third-order valence-electron chi connectivity index (χ3n) is 2.93. The lowest BCUT2D eigenvalue weighted by Gasteiger charge is -2.03. The Kier molecular flexibility index (Phi) is 3.89. The van der Waals surface area contributed by atoms with Crippen molar-refractivity contribution in [1.82, 2.24) is 0 Å². The molecule has 0 saturated carbocycles. The van der Waals surface area contributed by atoms with Gasteiger partial charge in [-0.2, -0.15) is 0 Å². The van der Waals surface area contributed by atoms with Crippen molar-refractivity contribution in [3.8, 4) is 0 Å². The first-order valence-electron chi connectivity index (χ1n) is 6.03. The Hall–Kier alpha value is -1.67. The Bertz CT molecular complexity index is 519.